The molecule has 2 bridgehead atoms. The van der Waals surface area contributed by atoms with Gasteiger partial charge in [0.2, 0.25) is 0 Å². The van der Waals surface area contributed by atoms with Gasteiger partial charge in [-0.05, 0) is 36.8 Å². The highest BCUT2D eigenvalue weighted by Gasteiger charge is 2.42. The van der Waals surface area contributed by atoms with Crippen molar-refractivity contribution in [1.29, 1.82) is 0 Å². The lowest BCUT2D eigenvalue weighted by Crippen LogP contribution is -2.42. The van der Waals surface area contributed by atoms with Crippen molar-refractivity contribution in [1.82, 2.24) is 9.47 Å². The van der Waals surface area contributed by atoms with E-state index in [2.05, 4.69) is 23.3 Å². The van der Waals surface area contributed by atoms with E-state index in [1.807, 2.05) is 11.8 Å². The largest absolute Gasteiger partial charge is 0.338 e. The fourth-order valence-corrected chi connectivity index (χ4v) is 4.47. The molecule has 2 heterocycles. The minimum Gasteiger partial charge on any atom is -0.338 e. The summed E-state index contributed by atoms with van der Waals surface area (Å²) in [6, 6.07) is 2.19. The first-order chi connectivity index (χ1) is 9.15. The van der Waals surface area contributed by atoms with E-state index in [-0.39, 0.29) is 11.2 Å². The van der Waals surface area contributed by atoms with Crippen molar-refractivity contribution in [3.8, 4) is 0 Å². The smallest absolute Gasteiger partial charge is 0.270 e. The Morgan fingerprint density at radius 2 is 2.16 bits per heavy atom. The third-order valence-corrected chi connectivity index (χ3v) is 5.18. The lowest BCUT2D eigenvalue weighted by Gasteiger charge is -2.31. The maximum atomic E-state index is 12.6. The molecule has 3 atom stereocenters. The van der Waals surface area contributed by atoms with Gasteiger partial charge in [0.25, 0.3) is 5.91 Å². The molecule has 1 aromatic heterocycles. The van der Waals surface area contributed by atoms with Crippen LogP contribution in [0.3, 0.4) is 0 Å². The van der Waals surface area contributed by atoms with Gasteiger partial charge in [-0.25, -0.2) is 0 Å². The summed E-state index contributed by atoms with van der Waals surface area (Å²) in [6.45, 7) is 4.62. The van der Waals surface area contributed by atoms with E-state index >= 15 is 0 Å². The Kier molecular flexibility index (Phi) is 2.53. The molecule has 2 aliphatic carbocycles. The highest BCUT2D eigenvalue weighted by Crippen LogP contribution is 2.54. The Morgan fingerprint density at radius 1 is 1.37 bits per heavy atom. The van der Waals surface area contributed by atoms with Crippen molar-refractivity contribution in [3.63, 3.8) is 0 Å². The molecule has 1 fully saturated rings. The maximum absolute atomic E-state index is 12.6. The van der Waals surface area contributed by atoms with Gasteiger partial charge in [0.05, 0.1) is 0 Å². The van der Waals surface area contributed by atoms with Crippen molar-refractivity contribution < 1.29 is 4.79 Å². The number of thiol groups is 1. The molecule has 1 saturated carbocycles. The molecule has 4 rings (SSSR count). The van der Waals surface area contributed by atoms with Gasteiger partial charge in [0, 0.05) is 36.5 Å². The molecule has 0 aromatic carbocycles. The molecule has 3 aliphatic rings. The van der Waals surface area contributed by atoms with Crippen LogP contribution < -0.4 is 0 Å². The molecule has 19 heavy (non-hydrogen) atoms. The van der Waals surface area contributed by atoms with Crippen molar-refractivity contribution >= 4 is 18.5 Å². The van der Waals surface area contributed by atoms with E-state index in [1.165, 1.54) is 30.5 Å². The monoisotopic (exact) mass is 276 g/mol. The Balaban J connectivity index is 1.71. The predicted octanol–water partition coefficient (Wildman–Crippen LogP) is 2.63. The highest BCUT2D eigenvalue weighted by atomic mass is 32.1. The first-order valence-electron chi connectivity index (χ1n) is 7.36. The average Bonchev–Trinajstić information content (AvgIpc) is 3.02. The van der Waals surface area contributed by atoms with Crippen molar-refractivity contribution in [2.24, 2.45) is 0 Å². The van der Waals surface area contributed by atoms with Crippen LogP contribution in [-0.2, 0) is 6.54 Å². The second kappa shape index (κ2) is 4.05. The first kappa shape index (κ1) is 11.9. The summed E-state index contributed by atoms with van der Waals surface area (Å²) in [5.41, 5.74) is 3.92. The number of fused-ring (bicyclic) bond motifs is 7. The molecule has 1 aliphatic heterocycles. The van der Waals surface area contributed by atoms with Crippen LogP contribution in [-0.4, -0.2) is 33.7 Å². The van der Waals surface area contributed by atoms with Gasteiger partial charge < -0.3 is 9.47 Å². The number of amides is 1. The van der Waals surface area contributed by atoms with Crippen molar-refractivity contribution in [3.05, 3.63) is 23.0 Å². The number of rotatable bonds is 2. The first-order valence-corrected chi connectivity index (χ1v) is 7.87. The minimum absolute atomic E-state index is 0.209. The van der Waals surface area contributed by atoms with E-state index in [9.17, 15) is 4.79 Å². The number of carbonyl (C=O) groups is 1. The molecule has 4 heteroatoms. The average molecular weight is 276 g/mol. The van der Waals surface area contributed by atoms with Crippen molar-refractivity contribution in [2.75, 3.05) is 13.1 Å². The van der Waals surface area contributed by atoms with Gasteiger partial charge >= 0.3 is 0 Å². The highest BCUT2D eigenvalue weighted by molar-refractivity contribution is 7.80. The molecular formula is C15H20N2OS. The zero-order valence-corrected chi connectivity index (χ0v) is 12.2. The van der Waals surface area contributed by atoms with Gasteiger partial charge in [-0.2, -0.15) is 12.6 Å². The molecule has 0 saturated heterocycles. The molecule has 0 N–H and O–H groups in total. The molecule has 0 radical (unpaired) electrons. The number of aromatic nitrogens is 1. The summed E-state index contributed by atoms with van der Waals surface area (Å²) in [4.78, 5) is 14.5. The molecular weight excluding hydrogens is 256 g/mol. The molecule has 3 unspecified atom stereocenters. The van der Waals surface area contributed by atoms with E-state index < -0.39 is 0 Å². The third kappa shape index (κ3) is 1.62. The van der Waals surface area contributed by atoms with Gasteiger partial charge in [0.15, 0.2) is 0 Å². The van der Waals surface area contributed by atoms with Crippen LogP contribution in [0.4, 0.5) is 0 Å². The second-order valence-electron chi connectivity index (χ2n) is 6.33. The zero-order chi connectivity index (χ0) is 13.1. The van der Waals surface area contributed by atoms with Crippen LogP contribution in [0.15, 0.2) is 6.07 Å². The topological polar surface area (TPSA) is 25.2 Å². The SMILES string of the molecule is CC(S)CN1CCn2c(cc3c2C2CCC3C2)C1=O. The van der Waals surface area contributed by atoms with Gasteiger partial charge in [-0.1, -0.05) is 6.92 Å². The fraction of sp³-hybridized carbons (Fsp3) is 0.667. The Bertz CT molecular complexity index is 549. The summed E-state index contributed by atoms with van der Waals surface area (Å²) in [5, 5.41) is 0.244. The fourth-order valence-electron chi connectivity index (χ4n) is 4.28. The van der Waals surface area contributed by atoms with Crippen LogP contribution in [0.25, 0.3) is 0 Å². The number of nitrogens with zero attached hydrogens (tertiary/aromatic N) is 2. The van der Waals surface area contributed by atoms with Crippen LogP contribution in [0.2, 0.25) is 0 Å². The van der Waals surface area contributed by atoms with Gasteiger partial charge in [-0.3, -0.25) is 4.79 Å². The standard InChI is InChI=1S/C15H20N2OS/c1-9(19)8-16-4-5-17-13(15(16)18)7-12-10-2-3-11(6-10)14(12)17/h7,9-11,19H,2-6,8H2,1H3. The van der Waals surface area contributed by atoms with E-state index in [4.69, 9.17) is 0 Å². The Hall–Kier alpha value is -0.900. The number of hydrogen-bond donors (Lipinski definition) is 1. The van der Waals surface area contributed by atoms with Gasteiger partial charge in [0.1, 0.15) is 5.69 Å². The number of hydrogen-bond acceptors (Lipinski definition) is 2. The van der Waals surface area contributed by atoms with Crippen molar-refractivity contribution in [2.45, 2.75) is 49.8 Å². The minimum atomic E-state index is 0.209. The van der Waals surface area contributed by atoms with Crippen LogP contribution in [0.1, 0.15) is 59.8 Å². The molecule has 1 amide bonds. The maximum Gasteiger partial charge on any atom is 0.270 e. The Morgan fingerprint density at radius 3 is 2.95 bits per heavy atom. The summed E-state index contributed by atoms with van der Waals surface area (Å²) in [5.74, 6) is 1.68. The van der Waals surface area contributed by atoms with Gasteiger partial charge in [-0.15, -0.1) is 0 Å². The lowest BCUT2D eigenvalue weighted by atomic mass is 9.98. The van der Waals surface area contributed by atoms with E-state index in [0.717, 1.165) is 37.2 Å². The lowest BCUT2D eigenvalue weighted by molar-refractivity contribution is 0.0705. The molecule has 3 nitrogen and oxygen atoms in total. The van der Waals surface area contributed by atoms with Crippen LogP contribution in [0, 0.1) is 0 Å². The molecule has 0 spiro atoms. The quantitative estimate of drug-likeness (QED) is 0.825. The summed E-state index contributed by atoms with van der Waals surface area (Å²) < 4.78 is 2.32. The summed E-state index contributed by atoms with van der Waals surface area (Å²) in [7, 11) is 0. The molecule has 1 aromatic rings. The predicted molar refractivity (Wildman–Crippen MR) is 78.1 cm³/mol. The third-order valence-electron chi connectivity index (χ3n) is 5.01. The molecule has 102 valence electrons. The number of carbonyl (C=O) groups excluding carboxylic acids is 1. The second-order valence-corrected chi connectivity index (χ2v) is 7.21. The Labute approximate surface area is 119 Å². The summed E-state index contributed by atoms with van der Waals surface area (Å²) in [6.07, 6.45) is 3.98. The van der Waals surface area contributed by atoms with Crippen LogP contribution in [0.5, 0.6) is 0 Å². The normalized spacial score (nSPS) is 29.6. The van der Waals surface area contributed by atoms with Crippen LogP contribution >= 0.6 is 12.6 Å². The van der Waals surface area contributed by atoms with E-state index in [0.29, 0.717) is 0 Å². The van der Waals surface area contributed by atoms with E-state index in [1.54, 1.807) is 0 Å². The summed E-state index contributed by atoms with van der Waals surface area (Å²) >= 11 is 4.41. The zero-order valence-electron chi connectivity index (χ0n) is 11.3.